The van der Waals surface area contributed by atoms with Crippen molar-refractivity contribution in [3.8, 4) is 5.88 Å². The molecule has 0 fully saturated rings. The Morgan fingerprint density at radius 2 is 1.63 bits per heavy atom. The lowest BCUT2D eigenvalue weighted by molar-refractivity contribution is -0.118. The van der Waals surface area contributed by atoms with Crippen LogP contribution in [0.1, 0.15) is 78.1 Å². The summed E-state index contributed by atoms with van der Waals surface area (Å²) >= 11 is 0. The van der Waals surface area contributed by atoms with Crippen LogP contribution in [0.5, 0.6) is 5.88 Å². The highest BCUT2D eigenvalue weighted by Crippen LogP contribution is 2.38. The molecule has 0 radical (unpaired) electrons. The molecule has 2 rings (SSSR count). The van der Waals surface area contributed by atoms with E-state index in [1.54, 1.807) is 0 Å². The van der Waals surface area contributed by atoms with Gasteiger partial charge in [-0.1, -0.05) is 77.0 Å². The molecule has 0 unspecified atom stereocenters. The summed E-state index contributed by atoms with van der Waals surface area (Å²) < 4.78 is 1.83. The van der Waals surface area contributed by atoms with E-state index in [0.29, 0.717) is 18.7 Å². The van der Waals surface area contributed by atoms with Gasteiger partial charge in [-0.3, -0.25) is 4.79 Å². The van der Waals surface area contributed by atoms with Gasteiger partial charge in [-0.25, -0.2) is 0 Å². The first-order valence-electron chi connectivity index (χ1n) is 10.4. The lowest BCUT2D eigenvalue weighted by Crippen LogP contribution is -1.94. The number of para-hydroxylation sites is 1. The molecule has 1 aromatic carbocycles. The second kappa shape index (κ2) is 11.5. The van der Waals surface area contributed by atoms with Gasteiger partial charge < -0.3 is 9.67 Å². The monoisotopic (exact) mass is 371 g/mol. The Balaban J connectivity index is 1.86. The van der Waals surface area contributed by atoms with E-state index >= 15 is 0 Å². The van der Waals surface area contributed by atoms with Crippen LogP contribution >= 0.6 is 0 Å². The Kier molecular flexibility index (Phi) is 9.02. The van der Waals surface area contributed by atoms with Gasteiger partial charge in [0.2, 0.25) is 5.88 Å². The number of aryl methyl sites for hydroxylation is 1. The number of aromatic nitrogens is 1. The molecule has 0 saturated heterocycles. The molecule has 1 N–H and O–H groups in total. The Hall–Kier alpha value is -2.17. The number of carbonyl (C=O) groups is 1. The number of amides is 1. The number of rotatable bonds is 12. The van der Waals surface area contributed by atoms with Gasteiger partial charge in [-0.2, -0.15) is 0 Å². The number of hydrogen-bond donors (Lipinski definition) is 1. The van der Waals surface area contributed by atoms with E-state index in [1.165, 1.54) is 38.5 Å². The first-order chi connectivity index (χ1) is 13.2. The van der Waals surface area contributed by atoms with E-state index in [1.807, 2.05) is 28.8 Å². The van der Waals surface area contributed by atoms with Crippen LogP contribution in [0.25, 0.3) is 10.9 Å². The molecule has 1 heterocycles. The zero-order chi connectivity index (χ0) is 19.5. The molecule has 27 heavy (non-hydrogen) atoms. The maximum Gasteiger partial charge on any atom is 0.264 e. The lowest BCUT2D eigenvalue weighted by atomic mass is 10.1. The molecule has 0 aliphatic heterocycles. The van der Waals surface area contributed by atoms with Crippen LogP contribution in [0, 0.1) is 0 Å². The average molecular weight is 372 g/mol. The molecule has 0 saturated carbocycles. The third-order valence-corrected chi connectivity index (χ3v) is 4.87. The molecule has 0 aliphatic carbocycles. The SMILES string of the molecule is CCCCCCCCCCC(=O)N=Nc1c(O)n(CCC)c2ccccc12. The number of azo groups is 1. The quantitative estimate of drug-likeness (QED) is 0.326. The molecular weight excluding hydrogens is 338 g/mol. The van der Waals surface area contributed by atoms with Crippen LogP contribution in [-0.2, 0) is 11.3 Å². The van der Waals surface area contributed by atoms with Gasteiger partial charge in [-0.05, 0) is 18.9 Å². The van der Waals surface area contributed by atoms with Crippen LogP contribution in [-0.4, -0.2) is 15.6 Å². The van der Waals surface area contributed by atoms with Crippen LogP contribution in [0.3, 0.4) is 0 Å². The smallest absolute Gasteiger partial charge is 0.264 e. The van der Waals surface area contributed by atoms with Gasteiger partial charge in [0.15, 0.2) is 5.69 Å². The van der Waals surface area contributed by atoms with Gasteiger partial charge in [0.05, 0.1) is 5.52 Å². The predicted octanol–water partition coefficient (Wildman–Crippen LogP) is 6.90. The first-order valence-corrected chi connectivity index (χ1v) is 10.4. The van der Waals surface area contributed by atoms with Crippen molar-refractivity contribution >= 4 is 22.5 Å². The molecule has 2 aromatic rings. The average Bonchev–Trinajstić information content (AvgIpc) is 2.94. The molecule has 5 nitrogen and oxygen atoms in total. The van der Waals surface area contributed by atoms with Crippen molar-refractivity contribution in [3.05, 3.63) is 24.3 Å². The lowest BCUT2D eigenvalue weighted by Gasteiger charge is -2.03. The van der Waals surface area contributed by atoms with Crippen LogP contribution < -0.4 is 0 Å². The van der Waals surface area contributed by atoms with Crippen molar-refractivity contribution in [2.45, 2.75) is 84.6 Å². The molecule has 1 aromatic heterocycles. The number of fused-ring (bicyclic) bond motifs is 1. The van der Waals surface area contributed by atoms with E-state index in [4.69, 9.17) is 0 Å². The fourth-order valence-electron chi connectivity index (χ4n) is 3.39. The van der Waals surface area contributed by atoms with Crippen molar-refractivity contribution in [2.24, 2.45) is 10.2 Å². The first kappa shape index (κ1) is 21.1. The van der Waals surface area contributed by atoms with Gasteiger partial charge in [0, 0.05) is 18.4 Å². The molecule has 0 spiro atoms. The van der Waals surface area contributed by atoms with Gasteiger partial charge in [0.25, 0.3) is 5.91 Å². The summed E-state index contributed by atoms with van der Waals surface area (Å²) in [4.78, 5) is 12.0. The summed E-state index contributed by atoms with van der Waals surface area (Å²) in [5.41, 5.74) is 1.31. The number of hydrogen-bond acceptors (Lipinski definition) is 3. The largest absolute Gasteiger partial charge is 0.493 e. The van der Waals surface area contributed by atoms with Crippen molar-refractivity contribution in [1.82, 2.24) is 4.57 Å². The number of carbonyl (C=O) groups excluding carboxylic acids is 1. The Bertz CT molecular complexity index is 749. The Morgan fingerprint density at radius 1 is 0.963 bits per heavy atom. The normalized spacial score (nSPS) is 11.6. The standard InChI is InChI=1S/C22H33N3O2/c1-3-5-6-7-8-9-10-11-16-20(26)23-24-21-18-14-12-13-15-19(18)25(17-4-2)22(21)27/h12-15,27H,3-11,16-17H2,1-2H3. The van der Waals surface area contributed by atoms with E-state index in [9.17, 15) is 9.90 Å². The van der Waals surface area contributed by atoms with Crippen LogP contribution in [0.2, 0.25) is 0 Å². The minimum absolute atomic E-state index is 0.0849. The minimum atomic E-state index is -0.215. The summed E-state index contributed by atoms with van der Waals surface area (Å²) in [5, 5.41) is 19.3. The highest BCUT2D eigenvalue weighted by Gasteiger charge is 2.15. The fraction of sp³-hybridized carbons (Fsp3) is 0.591. The Labute approximate surface area is 162 Å². The van der Waals surface area contributed by atoms with E-state index < -0.39 is 0 Å². The second-order valence-corrected chi connectivity index (χ2v) is 7.16. The third-order valence-electron chi connectivity index (χ3n) is 4.87. The molecule has 0 bridgehead atoms. The Morgan fingerprint density at radius 3 is 2.33 bits per heavy atom. The molecule has 1 amide bonds. The zero-order valence-electron chi connectivity index (χ0n) is 16.8. The van der Waals surface area contributed by atoms with E-state index in [2.05, 4.69) is 24.1 Å². The number of benzene rings is 1. The maximum absolute atomic E-state index is 12.0. The molecular formula is C22H33N3O2. The number of aromatic hydroxyl groups is 1. The van der Waals surface area contributed by atoms with E-state index in [-0.39, 0.29) is 11.8 Å². The van der Waals surface area contributed by atoms with Crippen molar-refractivity contribution in [2.75, 3.05) is 0 Å². The van der Waals surface area contributed by atoms with Crippen molar-refractivity contribution in [1.29, 1.82) is 0 Å². The van der Waals surface area contributed by atoms with Crippen molar-refractivity contribution < 1.29 is 9.90 Å². The topological polar surface area (TPSA) is 66.9 Å². The summed E-state index contributed by atoms with van der Waals surface area (Å²) in [7, 11) is 0. The van der Waals surface area contributed by atoms with Crippen LogP contribution in [0.15, 0.2) is 34.5 Å². The number of unbranched alkanes of at least 4 members (excludes halogenated alkanes) is 7. The summed E-state index contributed by atoms with van der Waals surface area (Å²) in [6.45, 7) is 4.98. The zero-order valence-corrected chi connectivity index (χ0v) is 16.8. The van der Waals surface area contributed by atoms with Crippen LogP contribution in [0.4, 0.5) is 5.69 Å². The highest BCUT2D eigenvalue weighted by atomic mass is 16.3. The highest BCUT2D eigenvalue weighted by molar-refractivity contribution is 5.95. The molecule has 0 aliphatic rings. The summed E-state index contributed by atoms with van der Waals surface area (Å²) in [5.74, 6) is -0.130. The molecule has 5 heteroatoms. The summed E-state index contributed by atoms with van der Waals surface area (Å²) in [6.07, 6.45) is 10.9. The number of nitrogens with zero attached hydrogens (tertiary/aromatic N) is 3. The van der Waals surface area contributed by atoms with Gasteiger partial charge in [0.1, 0.15) is 0 Å². The second-order valence-electron chi connectivity index (χ2n) is 7.16. The molecule has 148 valence electrons. The van der Waals surface area contributed by atoms with E-state index in [0.717, 1.165) is 30.2 Å². The summed E-state index contributed by atoms with van der Waals surface area (Å²) in [6, 6.07) is 7.69. The maximum atomic E-state index is 12.0. The van der Waals surface area contributed by atoms with Crippen molar-refractivity contribution in [3.63, 3.8) is 0 Å². The predicted molar refractivity (Wildman–Crippen MR) is 111 cm³/mol. The minimum Gasteiger partial charge on any atom is -0.493 e. The molecule has 0 atom stereocenters. The van der Waals surface area contributed by atoms with Gasteiger partial charge >= 0.3 is 0 Å². The van der Waals surface area contributed by atoms with Gasteiger partial charge in [-0.15, -0.1) is 10.2 Å². The third kappa shape index (κ3) is 6.19. The fourth-order valence-corrected chi connectivity index (χ4v) is 3.39.